The summed E-state index contributed by atoms with van der Waals surface area (Å²) in [5.41, 5.74) is 0. The summed E-state index contributed by atoms with van der Waals surface area (Å²) in [5.74, 6) is 0.807. The Kier molecular flexibility index (Phi) is 9.42. The maximum Gasteiger partial charge on any atom is 0.0518 e. The molecule has 2 heteroatoms. The first-order valence-corrected chi connectivity index (χ1v) is 5.99. The molecule has 0 radical (unpaired) electrons. The van der Waals surface area contributed by atoms with E-state index in [1.807, 2.05) is 0 Å². The van der Waals surface area contributed by atoms with E-state index in [1.165, 1.54) is 19.3 Å². The Morgan fingerprint density at radius 2 is 1.86 bits per heavy atom. The summed E-state index contributed by atoms with van der Waals surface area (Å²) in [7, 11) is 0. The van der Waals surface area contributed by atoms with E-state index in [1.54, 1.807) is 0 Å². The van der Waals surface area contributed by atoms with E-state index >= 15 is 0 Å². The quantitative estimate of drug-likeness (QED) is 0.579. The van der Waals surface area contributed by atoms with Crippen LogP contribution >= 0.6 is 0 Å². The summed E-state index contributed by atoms with van der Waals surface area (Å²) in [5, 5.41) is 3.47. The third-order valence-electron chi connectivity index (χ3n) is 2.39. The van der Waals surface area contributed by atoms with Crippen LogP contribution in [0, 0.1) is 5.92 Å². The SMILES string of the molecule is CCC(C)CNCCCCOC(C)C. The van der Waals surface area contributed by atoms with E-state index in [9.17, 15) is 0 Å². The maximum absolute atomic E-state index is 5.46. The van der Waals surface area contributed by atoms with Crippen molar-refractivity contribution in [1.29, 1.82) is 0 Å². The summed E-state index contributed by atoms with van der Waals surface area (Å²) < 4.78 is 5.46. The van der Waals surface area contributed by atoms with Crippen molar-refractivity contribution in [2.24, 2.45) is 5.92 Å². The van der Waals surface area contributed by atoms with Crippen molar-refractivity contribution in [2.45, 2.75) is 53.1 Å². The van der Waals surface area contributed by atoms with Crippen molar-refractivity contribution < 1.29 is 4.74 Å². The van der Waals surface area contributed by atoms with Gasteiger partial charge >= 0.3 is 0 Å². The first-order chi connectivity index (χ1) is 6.66. The van der Waals surface area contributed by atoms with E-state index < -0.39 is 0 Å². The minimum Gasteiger partial charge on any atom is -0.379 e. The predicted octanol–water partition coefficient (Wildman–Crippen LogP) is 2.83. The molecule has 2 nitrogen and oxygen atoms in total. The molecule has 1 unspecified atom stereocenters. The van der Waals surface area contributed by atoms with Crippen LogP contribution in [0.3, 0.4) is 0 Å². The Labute approximate surface area is 89.4 Å². The first-order valence-electron chi connectivity index (χ1n) is 5.99. The molecule has 14 heavy (non-hydrogen) atoms. The van der Waals surface area contributed by atoms with Gasteiger partial charge in [-0.1, -0.05) is 20.3 Å². The normalized spacial score (nSPS) is 13.5. The summed E-state index contributed by atoms with van der Waals surface area (Å²) >= 11 is 0. The maximum atomic E-state index is 5.46. The molecule has 0 aliphatic heterocycles. The standard InChI is InChI=1S/C12H27NO/c1-5-12(4)10-13-8-6-7-9-14-11(2)3/h11-13H,5-10H2,1-4H3. The van der Waals surface area contributed by atoms with Gasteiger partial charge in [-0.05, 0) is 45.7 Å². The second-order valence-corrected chi connectivity index (χ2v) is 4.34. The van der Waals surface area contributed by atoms with Crippen LogP contribution in [0.4, 0.5) is 0 Å². The van der Waals surface area contributed by atoms with Crippen molar-refractivity contribution in [3.8, 4) is 0 Å². The van der Waals surface area contributed by atoms with Gasteiger partial charge in [0, 0.05) is 6.61 Å². The van der Waals surface area contributed by atoms with Crippen molar-refractivity contribution in [2.75, 3.05) is 19.7 Å². The number of nitrogens with one attached hydrogen (secondary N) is 1. The fourth-order valence-corrected chi connectivity index (χ4v) is 1.16. The number of hydrogen-bond acceptors (Lipinski definition) is 2. The van der Waals surface area contributed by atoms with Crippen LogP contribution in [0.5, 0.6) is 0 Å². The lowest BCUT2D eigenvalue weighted by molar-refractivity contribution is 0.0760. The molecule has 86 valence electrons. The number of ether oxygens (including phenoxy) is 1. The van der Waals surface area contributed by atoms with Gasteiger partial charge in [-0.25, -0.2) is 0 Å². The van der Waals surface area contributed by atoms with Crippen LogP contribution in [0.2, 0.25) is 0 Å². The lowest BCUT2D eigenvalue weighted by atomic mass is 10.1. The van der Waals surface area contributed by atoms with Crippen molar-refractivity contribution in [1.82, 2.24) is 5.32 Å². The van der Waals surface area contributed by atoms with Gasteiger partial charge in [-0.2, -0.15) is 0 Å². The molecule has 0 saturated heterocycles. The van der Waals surface area contributed by atoms with Gasteiger partial charge in [0.15, 0.2) is 0 Å². The number of rotatable bonds is 9. The lowest BCUT2D eigenvalue weighted by Gasteiger charge is -2.10. The molecule has 1 N–H and O–H groups in total. The fraction of sp³-hybridized carbons (Fsp3) is 1.00. The molecule has 0 aromatic carbocycles. The average Bonchev–Trinajstić information content (AvgIpc) is 2.15. The zero-order valence-corrected chi connectivity index (χ0v) is 10.3. The highest BCUT2D eigenvalue weighted by Gasteiger charge is 1.97. The second-order valence-electron chi connectivity index (χ2n) is 4.34. The van der Waals surface area contributed by atoms with Crippen molar-refractivity contribution in [3.63, 3.8) is 0 Å². The molecule has 0 aromatic heterocycles. The van der Waals surface area contributed by atoms with Gasteiger partial charge in [0.2, 0.25) is 0 Å². The molecular formula is C12H27NO. The zero-order chi connectivity index (χ0) is 10.8. The molecule has 0 heterocycles. The minimum atomic E-state index is 0.378. The highest BCUT2D eigenvalue weighted by Crippen LogP contribution is 1.98. The van der Waals surface area contributed by atoms with Gasteiger partial charge in [0.05, 0.1) is 6.10 Å². The molecule has 0 bridgehead atoms. The monoisotopic (exact) mass is 201 g/mol. The summed E-state index contributed by atoms with van der Waals surface area (Å²) in [6, 6.07) is 0. The molecule has 0 saturated carbocycles. The van der Waals surface area contributed by atoms with E-state index in [0.717, 1.165) is 25.6 Å². The molecule has 0 aliphatic carbocycles. The Balaban J connectivity index is 2.99. The van der Waals surface area contributed by atoms with Crippen LogP contribution in [0.25, 0.3) is 0 Å². The van der Waals surface area contributed by atoms with Gasteiger partial charge in [0.1, 0.15) is 0 Å². The lowest BCUT2D eigenvalue weighted by Crippen LogP contribution is -2.22. The highest BCUT2D eigenvalue weighted by molar-refractivity contribution is 4.54. The summed E-state index contributed by atoms with van der Waals surface area (Å²) in [6.45, 7) is 11.9. The third-order valence-corrected chi connectivity index (χ3v) is 2.39. The predicted molar refractivity (Wildman–Crippen MR) is 62.6 cm³/mol. The van der Waals surface area contributed by atoms with Gasteiger partial charge < -0.3 is 10.1 Å². The average molecular weight is 201 g/mol. The molecule has 1 atom stereocenters. The smallest absolute Gasteiger partial charge is 0.0518 e. The van der Waals surface area contributed by atoms with E-state index in [0.29, 0.717) is 6.10 Å². The number of hydrogen-bond donors (Lipinski definition) is 1. The molecule has 0 fully saturated rings. The van der Waals surface area contributed by atoms with Crippen LogP contribution < -0.4 is 5.32 Å². The largest absolute Gasteiger partial charge is 0.379 e. The zero-order valence-electron chi connectivity index (χ0n) is 10.3. The number of unbranched alkanes of at least 4 members (excludes halogenated alkanes) is 1. The fourth-order valence-electron chi connectivity index (χ4n) is 1.16. The van der Waals surface area contributed by atoms with Crippen LogP contribution in [-0.4, -0.2) is 25.8 Å². The van der Waals surface area contributed by atoms with E-state index in [2.05, 4.69) is 33.0 Å². The Bertz CT molecular complexity index is 115. The topological polar surface area (TPSA) is 21.3 Å². The summed E-state index contributed by atoms with van der Waals surface area (Å²) in [6.07, 6.45) is 4.04. The molecular weight excluding hydrogens is 174 g/mol. The minimum absolute atomic E-state index is 0.378. The van der Waals surface area contributed by atoms with Crippen LogP contribution in [0.1, 0.15) is 47.0 Å². The van der Waals surface area contributed by atoms with E-state index in [4.69, 9.17) is 4.74 Å². The third kappa shape index (κ3) is 10.0. The summed E-state index contributed by atoms with van der Waals surface area (Å²) in [4.78, 5) is 0. The highest BCUT2D eigenvalue weighted by atomic mass is 16.5. The van der Waals surface area contributed by atoms with Gasteiger partial charge in [-0.3, -0.25) is 0 Å². The molecule has 0 spiro atoms. The first kappa shape index (κ1) is 13.9. The van der Waals surface area contributed by atoms with Crippen LogP contribution in [0.15, 0.2) is 0 Å². The Morgan fingerprint density at radius 1 is 1.14 bits per heavy atom. The Morgan fingerprint density at radius 3 is 2.43 bits per heavy atom. The second kappa shape index (κ2) is 9.47. The molecule has 0 aromatic rings. The molecule has 0 rings (SSSR count). The van der Waals surface area contributed by atoms with Gasteiger partial charge in [0.25, 0.3) is 0 Å². The Hall–Kier alpha value is -0.0800. The molecule has 0 aliphatic rings. The molecule has 0 amide bonds. The van der Waals surface area contributed by atoms with Crippen LogP contribution in [-0.2, 0) is 4.74 Å². The van der Waals surface area contributed by atoms with Gasteiger partial charge in [-0.15, -0.1) is 0 Å². The van der Waals surface area contributed by atoms with Crippen molar-refractivity contribution >= 4 is 0 Å². The van der Waals surface area contributed by atoms with E-state index in [-0.39, 0.29) is 0 Å². The van der Waals surface area contributed by atoms with Crippen molar-refractivity contribution in [3.05, 3.63) is 0 Å².